The average Bonchev–Trinajstić information content (AvgIpc) is 3.32. The van der Waals surface area contributed by atoms with Gasteiger partial charge in [0.1, 0.15) is 18.3 Å². The molecular formula is C18H21BFeO5+2. The molecule has 2 aliphatic carbocycles. The molecule has 4 atom stereocenters. The van der Waals surface area contributed by atoms with E-state index in [1.165, 1.54) is 0 Å². The van der Waals surface area contributed by atoms with E-state index in [4.69, 9.17) is 23.5 Å². The van der Waals surface area contributed by atoms with E-state index in [2.05, 4.69) is 0 Å². The van der Waals surface area contributed by atoms with Crippen LogP contribution in [-0.2, 0) is 40.6 Å². The molecule has 0 aromatic rings. The van der Waals surface area contributed by atoms with Gasteiger partial charge in [0, 0.05) is 5.82 Å². The van der Waals surface area contributed by atoms with Crippen molar-refractivity contribution < 1.29 is 40.6 Å². The van der Waals surface area contributed by atoms with Gasteiger partial charge in [0.25, 0.3) is 0 Å². The van der Waals surface area contributed by atoms with Gasteiger partial charge in [0.2, 0.25) is 0 Å². The first-order valence-electron chi connectivity index (χ1n) is 8.29. The summed E-state index contributed by atoms with van der Waals surface area (Å²) in [7, 11) is -0.342. The van der Waals surface area contributed by atoms with Crippen molar-refractivity contribution in [2.75, 3.05) is 6.61 Å². The predicted octanol–water partition coefficient (Wildman–Crippen LogP) is 1.73. The van der Waals surface area contributed by atoms with Gasteiger partial charge >= 0.3 is 24.2 Å². The molecule has 0 amide bonds. The van der Waals surface area contributed by atoms with E-state index in [0.717, 1.165) is 5.82 Å². The Hall–Kier alpha value is 0.384. The van der Waals surface area contributed by atoms with E-state index in [0.29, 0.717) is 6.61 Å². The second-order valence-corrected chi connectivity index (χ2v) is 6.59. The second kappa shape index (κ2) is 8.60. The smallest absolute Gasteiger partial charge is 0.408 e. The van der Waals surface area contributed by atoms with Crippen LogP contribution in [0.3, 0.4) is 0 Å². The van der Waals surface area contributed by atoms with Gasteiger partial charge < -0.3 is 23.5 Å². The molecule has 3 saturated heterocycles. The zero-order valence-corrected chi connectivity index (χ0v) is 15.3. The van der Waals surface area contributed by atoms with Gasteiger partial charge in [0.05, 0.1) is 6.61 Å². The standard InChI is InChI=1S/C13H16BO5.C5H5.Fe/c1-13(2)17-11-10-9(16-12(11)18-13)7-15-14(19-10)8-5-3-4-6-8;1-2-4-5-3-1;/h3-6,9-12H,7H2,1-2H3;1-5H;/q;;+2/t9-,10+,11-,12-;;/m1../s1. The third-order valence-electron chi connectivity index (χ3n) is 4.30. The van der Waals surface area contributed by atoms with Crippen molar-refractivity contribution in [3.8, 4) is 0 Å². The van der Waals surface area contributed by atoms with Gasteiger partial charge in [0.15, 0.2) is 12.1 Å². The largest absolute Gasteiger partial charge is 2.00 e. The summed E-state index contributed by atoms with van der Waals surface area (Å²) in [5.74, 6) is 0.415. The van der Waals surface area contributed by atoms with E-state index in [9.17, 15) is 0 Å². The first-order valence-corrected chi connectivity index (χ1v) is 8.29. The maximum Gasteiger partial charge on any atom is 2.00 e. The van der Waals surface area contributed by atoms with Crippen LogP contribution in [0.2, 0.25) is 0 Å². The van der Waals surface area contributed by atoms with E-state index >= 15 is 0 Å². The Morgan fingerprint density at radius 1 is 0.920 bits per heavy atom. The molecule has 5 nitrogen and oxygen atoms in total. The fourth-order valence-electron chi connectivity index (χ4n) is 3.25. The quantitative estimate of drug-likeness (QED) is 0.645. The topological polar surface area (TPSA) is 46.2 Å². The van der Waals surface area contributed by atoms with Crippen molar-refractivity contribution in [1.82, 2.24) is 0 Å². The minimum atomic E-state index is -0.613. The van der Waals surface area contributed by atoms with Gasteiger partial charge in [-0.15, -0.1) is 0 Å². The molecule has 132 valence electrons. The van der Waals surface area contributed by atoms with E-state index in [-0.39, 0.29) is 48.8 Å². The van der Waals surface area contributed by atoms with Gasteiger partial charge in [-0.25, -0.2) is 0 Å². The summed E-state index contributed by atoms with van der Waals surface area (Å²) in [5.41, 5.74) is 0. The minimum Gasteiger partial charge on any atom is -0.408 e. The zero-order chi connectivity index (χ0) is 16.6. The molecule has 0 N–H and O–H groups in total. The number of ether oxygens (including phenoxy) is 3. The Bertz CT molecular complexity index is 420. The molecule has 2 saturated carbocycles. The minimum absolute atomic E-state index is 0. The van der Waals surface area contributed by atoms with Crippen LogP contribution in [0.1, 0.15) is 13.8 Å². The van der Waals surface area contributed by atoms with Crippen LogP contribution >= 0.6 is 0 Å². The van der Waals surface area contributed by atoms with Crippen LogP contribution in [0.25, 0.3) is 0 Å². The van der Waals surface area contributed by atoms with Crippen molar-refractivity contribution in [2.24, 2.45) is 0 Å². The molecule has 0 bridgehead atoms. The van der Waals surface area contributed by atoms with Gasteiger partial charge in [-0.3, -0.25) is 0 Å². The van der Waals surface area contributed by atoms with E-state index in [1.807, 2.05) is 71.6 Å². The van der Waals surface area contributed by atoms with Crippen LogP contribution in [0, 0.1) is 63.6 Å². The third kappa shape index (κ3) is 4.63. The maximum absolute atomic E-state index is 6.01. The molecule has 0 aromatic carbocycles. The number of hydrogen-bond acceptors (Lipinski definition) is 5. The van der Waals surface area contributed by atoms with Crippen LogP contribution in [0.15, 0.2) is 0 Å². The summed E-state index contributed by atoms with van der Waals surface area (Å²) < 4.78 is 29.1. The molecule has 7 heteroatoms. The predicted molar refractivity (Wildman–Crippen MR) is 87.2 cm³/mol. The summed E-state index contributed by atoms with van der Waals surface area (Å²) in [6.07, 6.45) is 17.1. The Labute approximate surface area is 162 Å². The number of hydrogen-bond donors (Lipinski definition) is 0. The number of fused-ring (bicyclic) bond motifs is 3. The fourth-order valence-corrected chi connectivity index (χ4v) is 3.25. The van der Waals surface area contributed by atoms with E-state index in [1.54, 1.807) is 0 Å². The van der Waals surface area contributed by atoms with Crippen molar-refractivity contribution >= 4 is 7.12 Å². The molecular weight excluding hydrogens is 363 g/mol. The van der Waals surface area contributed by atoms with Crippen LogP contribution in [0.5, 0.6) is 0 Å². The average molecular weight is 384 g/mol. The summed E-state index contributed by atoms with van der Waals surface area (Å²) >= 11 is 0. The normalized spacial score (nSPS) is 39.4. The van der Waals surface area contributed by atoms with Gasteiger partial charge in [-0.1, -0.05) is 0 Å². The van der Waals surface area contributed by atoms with Crippen molar-refractivity contribution in [2.45, 2.75) is 44.2 Å². The molecule has 3 heterocycles. The Morgan fingerprint density at radius 3 is 2.20 bits per heavy atom. The zero-order valence-electron chi connectivity index (χ0n) is 14.2. The molecule has 0 unspecified atom stereocenters. The van der Waals surface area contributed by atoms with Crippen molar-refractivity contribution in [3.63, 3.8) is 0 Å². The Balaban J connectivity index is 0.000000264. The monoisotopic (exact) mass is 384 g/mol. The van der Waals surface area contributed by atoms with Crippen molar-refractivity contribution in [1.29, 1.82) is 0 Å². The Kier molecular flexibility index (Phi) is 6.92. The molecule has 25 heavy (non-hydrogen) atoms. The summed E-state index contributed by atoms with van der Waals surface area (Å²) in [6, 6.07) is 0. The van der Waals surface area contributed by atoms with Crippen molar-refractivity contribution in [3.05, 3.63) is 63.6 Å². The molecule has 10 radical (unpaired) electrons. The first-order chi connectivity index (χ1) is 11.6. The molecule has 0 aromatic heterocycles. The third-order valence-corrected chi connectivity index (χ3v) is 4.30. The molecule has 5 rings (SSSR count). The summed E-state index contributed by atoms with van der Waals surface area (Å²) in [6.45, 7) is 4.27. The van der Waals surface area contributed by atoms with E-state index < -0.39 is 5.79 Å². The van der Waals surface area contributed by atoms with Crippen LogP contribution in [-0.4, -0.2) is 44.1 Å². The number of rotatable bonds is 1. The van der Waals surface area contributed by atoms with Crippen LogP contribution in [0.4, 0.5) is 0 Å². The first kappa shape index (κ1) is 20.1. The van der Waals surface area contributed by atoms with Crippen LogP contribution < -0.4 is 0 Å². The maximum atomic E-state index is 6.01. The molecule has 3 aliphatic heterocycles. The summed E-state index contributed by atoms with van der Waals surface area (Å²) in [4.78, 5) is 0. The SMILES string of the molecule is CC1(C)O[C@H]2O[C@@H]3COB([C]4[CH][CH][CH][CH]4)O[C@@H]3[C@H]2O1.[CH]1[CH][CH][CH][CH]1.[Fe+2]. The second-order valence-electron chi connectivity index (χ2n) is 6.59. The van der Waals surface area contributed by atoms with Gasteiger partial charge in [-0.05, 0) is 71.6 Å². The fraction of sp³-hybridized carbons (Fsp3) is 0.444. The molecule has 5 aliphatic rings. The molecule has 5 fully saturated rings. The Morgan fingerprint density at radius 2 is 1.56 bits per heavy atom. The van der Waals surface area contributed by atoms with Gasteiger partial charge in [-0.2, -0.15) is 0 Å². The summed E-state index contributed by atoms with van der Waals surface area (Å²) in [5, 5.41) is 0. The molecule has 0 spiro atoms.